The Bertz CT molecular complexity index is 273. The molecule has 1 aliphatic heterocycles. The third-order valence-corrected chi connectivity index (χ3v) is 3.69. The molecule has 1 atom stereocenters. The van der Waals surface area contributed by atoms with Gasteiger partial charge in [-0.2, -0.15) is 0 Å². The fraction of sp³-hybridized carbons (Fsp3) is 0.923. The van der Waals surface area contributed by atoms with Gasteiger partial charge in [-0.25, -0.2) is 0 Å². The molecule has 1 unspecified atom stereocenters. The van der Waals surface area contributed by atoms with Crippen molar-refractivity contribution in [2.45, 2.75) is 50.8 Å². The van der Waals surface area contributed by atoms with Crippen molar-refractivity contribution in [2.75, 3.05) is 26.2 Å². The lowest BCUT2D eigenvalue weighted by molar-refractivity contribution is -0.140. The highest BCUT2D eigenvalue weighted by atomic mass is 16.5. The third-order valence-electron chi connectivity index (χ3n) is 3.69. The monoisotopic (exact) mass is 256 g/mol. The van der Waals surface area contributed by atoms with Gasteiger partial charge < -0.3 is 20.1 Å². The quantitative estimate of drug-likeness (QED) is 0.702. The van der Waals surface area contributed by atoms with Crippen LogP contribution in [0.1, 0.15) is 32.6 Å². The number of piperidine rings is 1. The maximum absolute atomic E-state index is 11.2. The molecule has 1 saturated carbocycles. The van der Waals surface area contributed by atoms with Crippen molar-refractivity contribution in [3.05, 3.63) is 0 Å². The van der Waals surface area contributed by atoms with Gasteiger partial charge in [-0.3, -0.25) is 4.79 Å². The second kappa shape index (κ2) is 6.50. The summed E-state index contributed by atoms with van der Waals surface area (Å²) in [6, 6.07) is 0.0215. The normalized spacial score (nSPS) is 24.1. The van der Waals surface area contributed by atoms with Crippen molar-refractivity contribution in [1.82, 2.24) is 10.2 Å². The van der Waals surface area contributed by atoms with Gasteiger partial charge in [0.2, 0.25) is 0 Å². The van der Waals surface area contributed by atoms with Crippen LogP contribution in [0, 0.1) is 0 Å². The summed E-state index contributed by atoms with van der Waals surface area (Å²) in [5, 5.41) is 12.4. The summed E-state index contributed by atoms with van der Waals surface area (Å²) in [5.41, 5.74) is 0. The van der Waals surface area contributed by atoms with Gasteiger partial charge in [0.05, 0.1) is 6.10 Å². The van der Waals surface area contributed by atoms with E-state index < -0.39 is 12.0 Å². The Morgan fingerprint density at radius 2 is 2.06 bits per heavy atom. The zero-order valence-electron chi connectivity index (χ0n) is 11.1. The molecule has 0 radical (unpaired) electrons. The predicted molar refractivity (Wildman–Crippen MR) is 68.7 cm³/mol. The van der Waals surface area contributed by atoms with E-state index in [1.807, 2.05) is 6.92 Å². The van der Waals surface area contributed by atoms with Crippen molar-refractivity contribution < 1.29 is 14.6 Å². The van der Waals surface area contributed by atoms with E-state index in [1.165, 1.54) is 0 Å². The first-order valence-electron chi connectivity index (χ1n) is 7.02. The molecule has 0 bridgehead atoms. The summed E-state index contributed by atoms with van der Waals surface area (Å²) < 4.78 is 5.60. The Balaban J connectivity index is 1.72. The molecule has 5 heteroatoms. The van der Waals surface area contributed by atoms with Crippen molar-refractivity contribution in [3.63, 3.8) is 0 Å². The first-order valence-corrected chi connectivity index (χ1v) is 7.02. The van der Waals surface area contributed by atoms with Crippen LogP contribution >= 0.6 is 0 Å². The minimum absolute atomic E-state index is 0.367. The number of nitrogens with zero attached hydrogens (tertiary/aromatic N) is 1. The number of hydrogen-bond donors (Lipinski definition) is 2. The van der Waals surface area contributed by atoms with Gasteiger partial charge in [0.1, 0.15) is 6.04 Å². The van der Waals surface area contributed by atoms with Gasteiger partial charge in [0.15, 0.2) is 0 Å². The summed E-state index contributed by atoms with van der Waals surface area (Å²) in [5.74, 6) is -0.728. The maximum Gasteiger partial charge on any atom is 0.322 e. The summed E-state index contributed by atoms with van der Waals surface area (Å²) >= 11 is 0. The molecule has 0 aromatic carbocycles. The zero-order chi connectivity index (χ0) is 13.0. The van der Waals surface area contributed by atoms with Gasteiger partial charge >= 0.3 is 5.97 Å². The standard InChI is InChI=1S/C13H24N2O3/c1-2-18-11-5-7-15(8-6-11)9-12(13(16)17)14-10-3-4-10/h10-12,14H,2-9H2,1H3,(H,16,17). The summed E-state index contributed by atoms with van der Waals surface area (Å²) in [6.45, 7) is 5.30. The highest BCUT2D eigenvalue weighted by Gasteiger charge is 2.30. The molecule has 0 aromatic rings. The number of nitrogens with one attached hydrogen (secondary N) is 1. The molecule has 104 valence electrons. The fourth-order valence-electron chi connectivity index (χ4n) is 2.49. The second-order valence-electron chi connectivity index (χ2n) is 5.29. The molecule has 2 rings (SSSR count). The van der Waals surface area contributed by atoms with Gasteiger partial charge in [-0.05, 0) is 32.6 Å². The molecule has 0 aromatic heterocycles. The molecule has 1 saturated heterocycles. The first-order chi connectivity index (χ1) is 8.69. The molecule has 0 spiro atoms. The molecule has 5 nitrogen and oxygen atoms in total. The topological polar surface area (TPSA) is 61.8 Å². The van der Waals surface area contributed by atoms with Crippen LogP contribution in [0.25, 0.3) is 0 Å². The Morgan fingerprint density at radius 1 is 1.39 bits per heavy atom. The Kier molecular flexibility index (Phi) is 4.97. The van der Waals surface area contributed by atoms with Gasteiger partial charge in [-0.1, -0.05) is 0 Å². The Hall–Kier alpha value is -0.650. The highest BCUT2D eigenvalue weighted by molar-refractivity contribution is 5.73. The summed E-state index contributed by atoms with van der Waals surface area (Å²) in [6.07, 6.45) is 4.64. The maximum atomic E-state index is 11.2. The van der Waals surface area contributed by atoms with Crippen LogP contribution in [0.15, 0.2) is 0 Å². The molecular weight excluding hydrogens is 232 g/mol. The molecule has 0 amide bonds. The van der Waals surface area contributed by atoms with Gasteiger partial charge in [0, 0.05) is 32.3 Å². The number of hydrogen-bond acceptors (Lipinski definition) is 4. The number of rotatable bonds is 7. The van der Waals surface area contributed by atoms with E-state index in [4.69, 9.17) is 4.74 Å². The van der Waals surface area contributed by atoms with Crippen molar-refractivity contribution >= 4 is 5.97 Å². The minimum atomic E-state index is -0.728. The van der Waals surface area contributed by atoms with Crippen molar-refractivity contribution in [3.8, 4) is 0 Å². The average Bonchev–Trinajstić information content (AvgIpc) is 3.15. The fourth-order valence-corrected chi connectivity index (χ4v) is 2.49. The second-order valence-corrected chi connectivity index (χ2v) is 5.29. The first kappa shape index (κ1) is 13.8. The lowest BCUT2D eigenvalue weighted by Gasteiger charge is -2.33. The van der Waals surface area contributed by atoms with E-state index in [0.29, 0.717) is 18.7 Å². The largest absolute Gasteiger partial charge is 0.480 e. The van der Waals surface area contributed by atoms with Crippen LogP contribution in [0.2, 0.25) is 0 Å². The van der Waals surface area contributed by atoms with Crippen molar-refractivity contribution in [1.29, 1.82) is 0 Å². The molecule has 1 aliphatic carbocycles. The van der Waals surface area contributed by atoms with Crippen LogP contribution in [-0.2, 0) is 9.53 Å². The number of carboxylic acid groups (broad SMARTS) is 1. The lowest BCUT2D eigenvalue weighted by atomic mass is 10.1. The average molecular weight is 256 g/mol. The molecule has 2 fully saturated rings. The highest BCUT2D eigenvalue weighted by Crippen LogP contribution is 2.20. The minimum Gasteiger partial charge on any atom is -0.480 e. The van der Waals surface area contributed by atoms with Crippen LogP contribution in [0.4, 0.5) is 0 Å². The SMILES string of the molecule is CCOC1CCN(CC(NC2CC2)C(=O)O)CC1. The number of carbonyl (C=O) groups is 1. The third kappa shape index (κ3) is 4.23. The Labute approximate surface area is 108 Å². The van der Waals surface area contributed by atoms with E-state index in [-0.39, 0.29) is 0 Å². The van der Waals surface area contributed by atoms with Gasteiger partial charge in [0.25, 0.3) is 0 Å². The van der Waals surface area contributed by atoms with E-state index in [1.54, 1.807) is 0 Å². The molecule has 1 heterocycles. The summed E-state index contributed by atoms with van der Waals surface area (Å²) in [4.78, 5) is 13.4. The number of aliphatic carboxylic acids is 1. The van der Waals surface area contributed by atoms with Crippen LogP contribution < -0.4 is 5.32 Å². The van der Waals surface area contributed by atoms with E-state index in [0.717, 1.165) is 45.4 Å². The van der Waals surface area contributed by atoms with E-state index in [9.17, 15) is 9.90 Å². The van der Waals surface area contributed by atoms with Crippen LogP contribution in [0.5, 0.6) is 0 Å². The number of likely N-dealkylation sites (tertiary alicyclic amines) is 1. The van der Waals surface area contributed by atoms with Crippen LogP contribution in [0.3, 0.4) is 0 Å². The van der Waals surface area contributed by atoms with E-state index >= 15 is 0 Å². The summed E-state index contributed by atoms with van der Waals surface area (Å²) in [7, 11) is 0. The lowest BCUT2D eigenvalue weighted by Crippen LogP contribution is -2.49. The Morgan fingerprint density at radius 3 is 2.56 bits per heavy atom. The number of carboxylic acids is 1. The predicted octanol–water partition coefficient (Wildman–Crippen LogP) is 0.693. The molecule has 18 heavy (non-hydrogen) atoms. The van der Waals surface area contributed by atoms with Crippen LogP contribution in [-0.4, -0.2) is 60.4 Å². The van der Waals surface area contributed by atoms with Gasteiger partial charge in [-0.15, -0.1) is 0 Å². The molecular formula is C13H24N2O3. The van der Waals surface area contributed by atoms with E-state index in [2.05, 4.69) is 10.2 Å². The smallest absolute Gasteiger partial charge is 0.322 e. The molecule has 2 N–H and O–H groups in total. The molecule has 2 aliphatic rings. The van der Waals surface area contributed by atoms with Crippen molar-refractivity contribution in [2.24, 2.45) is 0 Å². The zero-order valence-corrected chi connectivity index (χ0v) is 11.1. The number of ether oxygens (including phenoxy) is 1.